The first kappa shape index (κ1) is 14.2. The molecule has 3 heterocycles. The molecule has 2 amide bonds. The van der Waals surface area contributed by atoms with Crippen molar-refractivity contribution in [3.05, 3.63) is 68.5 Å². The summed E-state index contributed by atoms with van der Waals surface area (Å²) in [6, 6.07) is 10.8. The Bertz CT molecular complexity index is 1070. The third-order valence-electron chi connectivity index (χ3n) is 3.95. The highest BCUT2D eigenvalue weighted by atomic mass is 16.2. The van der Waals surface area contributed by atoms with Crippen LogP contribution in [0.5, 0.6) is 0 Å². The van der Waals surface area contributed by atoms with Crippen molar-refractivity contribution in [2.45, 2.75) is 13.1 Å². The summed E-state index contributed by atoms with van der Waals surface area (Å²) >= 11 is 0. The second-order valence-electron chi connectivity index (χ2n) is 5.54. The molecule has 24 heavy (non-hydrogen) atoms. The van der Waals surface area contributed by atoms with Gasteiger partial charge in [0.2, 0.25) is 0 Å². The SMILES string of the molecule is O=C(Nc1ccc2ccccc2n1)N1Cc2[nH]c(=O)[nH]c(=O)c2C1. The van der Waals surface area contributed by atoms with Crippen molar-refractivity contribution in [1.29, 1.82) is 0 Å². The van der Waals surface area contributed by atoms with Gasteiger partial charge in [-0.2, -0.15) is 0 Å². The quantitative estimate of drug-likeness (QED) is 0.624. The summed E-state index contributed by atoms with van der Waals surface area (Å²) in [6.45, 7) is 0.314. The number of carbonyl (C=O) groups is 1. The topological polar surface area (TPSA) is 111 Å². The normalized spacial score (nSPS) is 13.1. The van der Waals surface area contributed by atoms with Crippen molar-refractivity contribution in [3.63, 3.8) is 0 Å². The molecule has 4 rings (SSSR count). The summed E-state index contributed by atoms with van der Waals surface area (Å²) in [4.78, 5) is 46.0. The Morgan fingerprint density at radius 3 is 2.79 bits per heavy atom. The summed E-state index contributed by atoms with van der Waals surface area (Å²) in [5.41, 5.74) is 0.604. The number of nitrogens with one attached hydrogen (secondary N) is 3. The molecule has 0 saturated carbocycles. The van der Waals surface area contributed by atoms with E-state index in [0.29, 0.717) is 17.1 Å². The van der Waals surface area contributed by atoms with Gasteiger partial charge in [-0.25, -0.2) is 14.6 Å². The molecule has 0 radical (unpaired) electrons. The largest absolute Gasteiger partial charge is 0.325 e. The number of carbonyl (C=O) groups excluding carboxylic acids is 1. The number of aromatic nitrogens is 3. The number of urea groups is 1. The van der Waals surface area contributed by atoms with Crippen molar-refractivity contribution in [1.82, 2.24) is 19.9 Å². The van der Waals surface area contributed by atoms with E-state index in [0.717, 1.165) is 10.9 Å². The Morgan fingerprint density at radius 1 is 1.08 bits per heavy atom. The van der Waals surface area contributed by atoms with Gasteiger partial charge in [0.15, 0.2) is 0 Å². The minimum atomic E-state index is -0.572. The number of amides is 2. The summed E-state index contributed by atoms with van der Waals surface area (Å²) in [5, 5.41) is 3.70. The lowest BCUT2D eigenvalue weighted by atomic mass is 10.2. The van der Waals surface area contributed by atoms with Gasteiger partial charge >= 0.3 is 11.7 Å². The molecular weight excluding hydrogens is 310 g/mol. The van der Waals surface area contributed by atoms with E-state index in [1.807, 2.05) is 30.3 Å². The third kappa shape index (κ3) is 2.43. The van der Waals surface area contributed by atoms with Crippen LogP contribution < -0.4 is 16.6 Å². The molecule has 0 bridgehead atoms. The van der Waals surface area contributed by atoms with Crippen LogP contribution in [0.25, 0.3) is 10.9 Å². The summed E-state index contributed by atoms with van der Waals surface area (Å²) in [5.74, 6) is 0.428. The zero-order valence-corrected chi connectivity index (χ0v) is 12.5. The fourth-order valence-corrected chi connectivity index (χ4v) is 2.77. The summed E-state index contributed by atoms with van der Waals surface area (Å²) in [6.07, 6.45) is 0. The van der Waals surface area contributed by atoms with Gasteiger partial charge in [0.05, 0.1) is 24.2 Å². The van der Waals surface area contributed by atoms with Crippen LogP contribution in [0.1, 0.15) is 11.3 Å². The molecule has 0 unspecified atom stereocenters. The molecule has 3 aromatic rings. The van der Waals surface area contributed by atoms with Crippen molar-refractivity contribution >= 4 is 22.8 Å². The van der Waals surface area contributed by atoms with E-state index in [4.69, 9.17) is 0 Å². The number of hydrogen-bond donors (Lipinski definition) is 3. The van der Waals surface area contributed by atoms with E-state index in [-0.39, 0.29) is 19.1 Å². The smallest absolute Gasteiger partial charge is 0.314 e. The molecular formula is C16H13N5O3. The Morgan fingerprint density at radius 2 is 1.92 bits per heavy atom. The molecule has 0 fully saturated rings. The minimum Gasteiger partial charge on any atom is -0.314 e. The molecule has 8 heteroatoms. The van der Waals surface area contributed by atoms with E-state index in [9.17, 15) is 14.4 Å². The molecule has 0 atom stereocenters. The van der Waals surface area contributed by atoms with Crippen LogP contribution in [0.4, 0.5) is 10.6 Å². The van der Waals surface area contributed by atoms with Crippen molar-refractivity contribution in [3.8, 4) is 0 Å². The molecule has 120 valence electrons. The number of H-pyrrole nitrogens is 2. The van der Waals surface area contributed by atoms with Crippen LogP contribution in [-0.2, 0) is 13.1 Å². The van der Waals surface area contributed by atoms with Crippen molar-refractivity contribution < 1.29 is 4.79 Å². The van der Waals surface area contributed by atoms with Crippen LogP contribution in [0.2, 0.25) is 0 Å². The Labute approximate surface area is 135 Å². The number of aromatic amines is 2. The number of nitrogens with zero attached hydrogens (tertiary/aromatic N) is 2. The number of benzene rings is 1. The van der Waals surface area contributed by atoms with Crippen LogP contribution in [0.3, 0.4) is 0 Å². The van der Waals surface area contributed by atoms with E-state index in [1.54, 1.807) is 6.07 Å². The van der Waals surface area contributed by atoms with E-state index in [1.165, 1.54) is 4.90 Å². The van der Waals surface area contributed by atoms with Gasteiger partial charge in [-0.3, -0.25) is 15.1 Å². The predicted octanol–water partition coefficient (Wildman–Crippen LogP) is 1.16. The van der Waals surface area contributed by atoms with Gasteiger partial charge in [-0.05, 0) is 18.2 Å². The van der Waals surface area contributed by atoms with Crippen molar-refractivity contribution in [2.75, 3.05) is 5.32 Å². The van der Waals surface area contributed by atoms with Gasteiger partial charge in [-0.15, -0.1) is 0 Å². The number of hydrogen-bond acceptors (Lipinski definition) is 4. The first-order chi connectivity index (χ1) is 11.6. The highest BCUT2D eigenvalue weighted by Gasteiger charge is 2.26. The lowest BCUT2D eigenvalue weighted by Gasteiger charge is -2.15. The van der Waals surface area contributed by atoms with Crippen LogP contribution in [-0.4, -0.2) is 25.9 Å². The second kappa shape index (κ2) is 5.34. The van der Waals surface area contributed by atoms with Gasteiger partial charge < -0.3 is 9.88 Å². The Kier molecular flexibility index (Phi) is 3.16. The molecule has 1 aliphatic heterocycles. The molecule has 3 N–H and O–H groups in total. The van der Waals surface area contributed by atoms with E-state index in [2.05, 4.69) is 20.3 Å². The van der Waals surface area contributed by atoms with Crippen LogP contribution in [0.15, 0.2) is 46.0 Å². The number of rotatable bonds is 1. The molecule has 0 spiro atoms. The standard InChI is InChI=1S/C16H13N5O3/c22-14-10-7-21(8-12(10)18-15(23)20-14)16(24)19-13-6-5-9-3-1-2-4-11(9)17-13/h1-6H,7-8H2,(H,17,19,24)(H2,18,20,22,23). The molecule has 0 saturated heterocycles. The van der Waals surface area contributed by atoms with Gasteiger partial charge in [-0.1, -0.05) is 18.2 Å². The molecule has 8 nitrogen and oxygen atoms in total. The van der Waals surface area contributed by atoms with Crippen molar-refractivity contribution in [2.24, 2.45) is 0 Å². The summed E-state index contributed by atoms with van der Waals surface area (Å²) < 4.78 is 0. The number of pyridine rings is 1. The number of fused-ring (bicyclic) bond motifs is 2. The van der Waals surface area contributed by atoms with Gasteiger partial charge in [0.25, 0.3) is 5.56 Å². The lowest BCUT2D eigenvalue weighted by molar-refractivity contribution is 0.212. The number of anilines is 1. The average molecular weight is 323 g/mol. The van der Waals surface area contributed by atoms with Gasteiger partial charge in [0, 0.05) is 11.1 Å². The van der Waals surface area contributed by atoms with Gasteiger partial charge in [0.1, 0.15) is 5.82 Å². The third-order valence-corrected chi connectivity index (χ3v) is 3.95. The second-order valence-corrected chi connectivity index (χ2v) is 5.54. The average Bonchev–Trinajstić information content (AvgIpc) is 2.99. The fourth-order valence-electron chi connectivity index (χ4n) is 2.77. The summed E-state index contributed by atoms with van der Waals surface area (Å²) in [7, 11) is 0. The minimum absolute atomic E-state index is 0.140. The molecule has 1 aliphatic rings. The highest BCUT2D eigenvalue weighted by molar-refractivity contribution is 5.90. The lowest BCUT2D eigenvalue weighted by Crippen LogP contribution is -2.31. The maximum atomic E-state index is 12.4. The number of para-hydroxylation sites is 1. The van der Waals surface area contributed by atoms with E-state index < -0.39 is 11.2 Å². The first-order valence-electron chi connectivity index (χ1n) is 7.36. The Balaban J connectivity index is 1.55. The molecule has 0 aliphatic carbocycles. The molecule has 1 aromatic carbocycles. The predicted molar refractivity (Wildman–Crippen MR) is 87.7 cm³/mol. The first-order valence-corrected chi connectivity index (χ1v) is 7.36. The Hall–Kier alpha value is -3.42. The van der Waals surface area contributed by atoms with E-state index >= 15 is 0 Å². The maximum absolute atomic E-state index is 12.4. The zero-order chi connectivity index (χ0) is 16.7. The maximum Gasteiger partial charge on any atom is 0.325 e. The zero-order valence-electron chi connectivity index (χ0n) is 12.5. The van der Waals surface area contributed by atoms with Crippen LogP contribution >= 0.6 is 0 Å². The highest BCUT2D eigenvalue weighted by Crippen LogP contribution is 2.19. The monoisotopic (exact) mass is 323 g/mol. The van der Waals surface area contributed by atoms with Crippen LogP contribution in [0, 0.1) is 0 Å². The fraction of sp³-hybridized carbons (Fsp3) is 0.125. The molecule has 2 aromatic heterocycles.